The summed E-state index contributed by atoms with van der Waals surface area (Å²) in [6.07, 6.45) is -19.9. The minimum absolute atomic E-state index is 0.0728. The van der Waals surface area contributed by atoms with E-state index in [4.69, 9.17) is 73.1 Å². The van der Waals surface area contributed by atoms with Gasteiger partial charge in [0.25, 0.3) is 10.1 Å². The van der Waals surface area contributed by atoms with Gasteiger partial charge in [-0.3, -0.25) is 37.7 Å². The van der Waals surface area contributed by atoms with Crippen molar-refractivity contribution in [3.8, 4) is 68.2 Å². The van der Waals surface area contributed by atoms with Crippen molar-refractivity contribution >= 4 is 92.2 Å². The molecule has 7 heterocycles. The lowest BCUT2D eigenvalue weighted by atomic mass is 9.84. The van der Waals surface area contributed by atoms with Gasteiger partial charge in [-0.15, -0.1) is 0 Å². The molecule has 0 aromatic heterocycles. The number of phenolic OH excluding ortho intramolecular Hbond substituents is 3. The second-order valence-corrected chi connectivity index (χ2v) is 35.3. The van der Waals surface area contributed by atoms with Crippen molar-refractivity contribution in [3.63, 3.8) is 0 Å². The summed E-state index contributed by atoms with van der Waals surface area (Å²) in [4.78, 5) is 118. The molecule has 7 aliphatic rings. The van der Waals surface area contributed by atoms with Crippen molar-refractivity contribution in [2.45, 2.75) is 189 Å². The third-order valence-corrected chi connectivity index (χ3v) is 25.0. The van der Waals surface area contributed by atoms with E-state index < -0.39 is 258 Å². The van der Waals surface area contributed by atoms with Crippen molar-refractivity contribution in [1.82, 2.24) is 37.2 Å². The maximum Gasteiger partial charge on any atom is 0.330 e. The van der Waals surface area contributed by atoms with Crippen molar-refractivity contribution in [2.75, 3.05) is 6.61 Å². The molecule has 8 aromatic carbocycles. The number of aliphatic carboxylic acids is 1. The van der Waals surface area contributed by atoms with E-state index in [9.17, 15) is 68.8 Å². The first kappa shape index (κ1) is 92.4. The molecule has 668 valence electrons. The monoisotopic (exact) mass is 1810 g/mol. The zero-order chi connectivity index (χ0) is 91.1. The van der Waals surface area contributed by atoms with E-state index in [-0.39, 0.29) is 58.0 Å². The van der Waals surface area contributed by atoms with Crippen LogP contribution in [0.25, 0.3) is 22.3 Å². The number of aliphatic hydroxyl groups excluding tert-OH is 5. The molecule has 2 fully saturated rings. The van der Waals surface area contributed by atoms with Crippen molar-refractivity contribution in [1.29, 1.82) is 0 Å². The first-order valence-corrected chi connectivity index (χ1v) is 42.5. The maximum atomic E-state index is 16.4. The summed E-state index contributed by atoms with van der Waals surface area (Å²) in [6, 6.07) is 18.0. The Balaban J connectivity index is 1.01. The number of fused-ring (bicyclic) bond motifs is 15. The van der Waals surface area contributed by atoms with Gasteiger partial charge >= 0.3 is 5.97 Å². The summed E-state index contributed by atoms with van der Waals surface area (Å²) in [5.41, 5.74) is 5.32. The Morgan fingerprint density at radius 3 is 1.83 bits per heavy atom. The molecule has 126 heavy (non-hydrogen) atoms. The number of hydrogen-bond acceptors (Lipinski definition) is 26. The molecule has 18 N–H and O–H groups in total. The molecule has 15 rings (SSSR count). The van der Waals surface area contributed by atoms with E-state index in [0.29, 0.717) is 10.6 Å². The number of aromatic hydroxyl groups is 3. The number of primary amides is 1. The van der Waals surface area contributed by atoms with Gasteiger partial charge in [-0.05, 0) is 164 Å². The predicted molar refractivity (Wildman–Crippen MR) is 452 cm³/mol. The minimum atomic E-state index is -4.79. The second kappa shape index (κ2) is 37.7. The number of aliphatic hydroxyl groups is 5. The lowest BCUT2D eigenvalue weighted by Gasteiger charge is -2.48. The molecule has 0 aliphatic carbocycles. The topological polar surface area (TPSA) is 528 Å². The summed E-state index contributed by atoms with van der Waals surface area (Å²) < 4.78 is 75.0. The molecule has 0 spiro atoms. The van der Waals surface area contributed by atoms with E-state index in [1.165, 1.54) is 26.0 Å². The van der Waals surface area contributed by atoms with Gasteiger partial charge in [0.05, 0.1) is 40.2 Å². The first-order valence-electron chi connectivity index (χ1n) is 40.0. The highest BCUT2D eigenvalue weighted by Crippen LogP contribution is 2.50. The number of carbonyl (C=O) groups is 8. The van der Waals surface area contributed by atoms with E-state index in [1.54, 1.807) is 52.0 Å². The van der Waals surface area contributed by atoms with Crippen LogP contribution in [0, 0.1) is 32.6 Å². The fourth-order valence-electron chi connectivity index (χ4n) is 16.2. The minimum Gasteiger partial charge on any atom is -0.508 e. The highest BCUT2D eigenvalue weighted by molar-refractivity contribution is 7.86. The lowest BCUT2D eigenvalue weighted by molar-refractivity contribution is -0.334. The SMILES string of the molecule is Cc1cc(C)c(S(=O)(=O)OCC2OC(Oc3c4cc5cc3Oc3ccc(cc3Cl)[C@@H](O)[C@@H](NC(=O)[C@H](C)CC(C)C)C(=O)N[C@@H](CC(N)=O)C(=O)N[C@H]5C(=O)NC3C(=O)N[C@H](C(=O)N[C@@H](C(=O)O)c5cc(O)cc(O)c5-c5cc3ccc5O)[C@H](O)c3ccc(c(Cl)c3)O4)C(OC3CC(C)(NCc4ccc(-c5ccc(Cl)cc5)cc4)C(O)C(C)O3)C(O)C2O)c(C)c1. The molecule has 11 bridgehead atoms. The number of hydrogen-bond donors (Lipinski definition) is 17. The van der Waals surface area contributed by atoms with Crippen LogP contribution < -0.4 is 57.2 Å². The van der Waals surface area contributed by atoms with Crippen LogP contribution in [-0.2, 0) is 73.4 Å². The van der Waals surface area contributed by atoms with Crippen molar-refractivity contribution in [3.05, 3.63) is 205 Å². The van der Waals surface area contributed by atoms with E-state index in [1.807, 2.05) is 50.2 Å². The maximum absolute atomic E-state index is 16.4. The van der Waals surface area contributed by atoms with Gasteiger partial charge in [-0.1, -0.05) is 128 Å². The van der Waals surface area contributed by atoms with Gasteiger partial charge in [0.2, 0.25) is 53.4 Å². The number of carboxylic acid groups (broad SMARTS) is 1. The second-order valence-electron chi connectivity index (χ2n) is 32.5. The first-order chi connectivity index (χ1) is 59.5. The number of rotatable bonds is 19. The Morgan fingerprint density at radius 2 is 1.23 bits per heavy atom. The Morgan fingerprint density at radius 1 is 0.643 bits per heavy atom. The van der Waals surface area contributed by atoms with Crippen LogP contribution in [0.2, 0.25) is 15.1 Å². The number of nitrogens with one attached hydrogen (secondary N) is 7. The van der Waals surface area contributed by atoms with Crippen LogP contribution in [0.15, 0.2) is 144 Å². The Hall–Kier alpha value is -11.3. The fourth-order valence-corrected chi connectivity index (χ4v) is 18.1. The van der Waals surface area contributed by atoms with Crippen molar-refractivity contribution < 1.29 is 125 Å². The Bertz CT molecular complexity index is 5670. The Kier molecular flexibility index (Phi) is 27.7. The number of carboxylic acids is 1. The van der Waals surface area contributed by atoms with Crippen LogP contribution in [0.5, 0.6) is 46.0 Å². The van der Waals surface area contributed by atoms with Gasteiger partial charge in [0.1, 0.15) is 89.5 Å². The summed E-state index contributed by atoms with van der Waals surface area (Å²) in [5, 5.41) is 125. The zero-order valence-electron chi connectivity index (χ0n) is 68.8. The van der Waals surface area contributed by atoms with Crippen LogP contribution in [0.4, 0.5) is 0 Å². The molecule has 10 unspecified atom stereocenters. The highest BCUT2D eigenvalue weighted by Gasteiger charge is 2.53. The lowest BCUT2D eigenvalue weighted by Crippen LogP contribution is -2.65. The Labute approximate surface area is 737 Å². The summed E-state index contributed by atoms with van der Waals surface area (Å²) in [6.45, 7) is 12.4. The zero-order valence-corrected chi connectivity index (χ0v) is 71.9. The van der Waals surface area contributed by atoms with Gasteiger partial charge < -0.3 is 117 Å². The fraction of sp³-hybridized carbons (Fsp3) is 0.364. The summed E-state index contributed by atoms with van der Waals surface area (Å²) in [5.74, 6) is -17.3. The number of ether oxygens (including phenoxy) is 6. The molecule has 38 heteroatoms. The molecule has 2 saturated heterocycles. The van der Waals surface area contributed by atoms with Crippen molar-refractivity contribution in [2.24, 2.45) is 17.6 Å². The van der Waals surface area contributed by atoms with Gasteiger partial charge in [0, 0.05) is 52.2 Å². The smallest absolute Gasteiger partial charge is 0.330 e. The van der Waals surface area contributed by atoms with Gasteiger partial charge in [-0.25, -0.2) is 4.79 Å². The van der Waals surface area contributed by atoms with E-state index in [0.717, 1.165) is 83.4 Å². The van der Waals surface area contributed by atoms with E-state index >= 15 is 24.0 Å². The predicted octanol–water partition coefficient (Wildman–Crippen LogP) is 7.64. The van der Waals surface area contributed by atoms with Crippen LogP contribution >= 0.6 is 34.8 Å². The molecule has 7 aliphatic heterocycles. The van der Waals surface area contributed by atoms with Crippen LogP contribution in [0.1, 0.15) is 134 Å². The number of aryl methyl sites for hydroxylation is 3. The molecule has 0 radical (unpaired) electrons. The van der Waals surface area contributed by atoms with Gasteiger partial charge in [0.15, 0.2) is 29.9 Å². The molecule has 34 nitrogen and oxygen atoms in total. The average Bonchev–Trinajstić information content (AvgIpc) is 0.798. The summed E-state index contributed by atoms with van der Waals surface area (Å²) in [7, 11) is -4.79. The quantitative estimate of drug-likeness (QED) is 0.0346. The molecule has 0 saturated carbocycles. The number of halogens is 3. The standard InChI is InChI=1S/C88H93Cl3N8O26S/c1-37(2)23-41(6)80(109)98-70-72(104)47-16-21-59(54(90)27-47)121-61-29-49-30-62(76(61)125-87-77(75(107)74(106)63(123-87)36-119-126(117,118)78-39(4)24-38(3)25-40(78)5)124-65-34-88(8,79(108)42(7)120-65)93-35-43-9-11-44(12-10-43)45-13-18-50(89)19-14-45)122-60-22-17-48(28-55(60)91)73(105)71-85(114)97-69(86(115)116)53-31-51(100)32-58(102)66(53)52-26-46(15-20-57(52)101)67(82(111)99-71)96-83(112)68(49)95-81(110)56(33-64(92)103)94-84(70)113/h9-22,24-32,37,41-42,56,63,65,67-75,77,79,87,93,100-102,104-108H,23,33-36H2,1-8H3,(H2,92,103)(H,94,113)(H,95,110)(H,96,112)(H,97,114)(H,98,109)(H,99,111)(H,115,116)/t41-,42?,56+,63?,65?,67?,68-,69-,70-,71+,72-,73-,74?,75?,77?,79?,87?,88?/m1/s1. The molecular formula is C88H93Cl3N8O26S. The molecule has 8 aromatic rings. The van der Waals surface area contributed by atoms with E-state index in [2.05, 4.69) is 37.2 Å². The number of carbonyl (C=O) groups excluding carboxylic acids is 7. The number of phenols is 3. The third-order valence-electron chi connectivity index (χ3n) is 22.5. The van der Waals surface area contributed by atoms with Gasteiger partial charge in [-0.2, -0.15) is 8.42 Å². The normalized spacial score (nSPS) is 26.0. The van der Waals surface area contributed by atoms with Crippen LogP contribution in [0.3, 0.4) is 0 Å². The number of amides is 7. The van der Waals surface area contributed by atoms with Crippen LogP contribution in [-0.4, -0.2) is 181 Å². The highest BCUT2D eigenvalue weighted by atomic mass is 35.5. The molecule has 18 atom stereocenters. The molecule has 7 amide bonds. The average molecular weight is 1820 g/mol. The number of benzene rings is 8. The summed E-state index contributed by atoms with van der Waals surface area (Å²) >= 11 is 20.6. The molecular weight excluding hydrogens is 1720 g/mol. The largest absolute Gasteiger partial charge is 0.508 e. The number of nitrogens with two attached hydrogens (primary N) is 1. The third kappa shape index (κ3) is 20.1.